The molecule has 184 valence electrons. The predicted molar refractivity (Wildman–Crippen MR) is 139 cm³/mol. The second kappa shape index (κ2) is 10.6. The third-order valence-corrected chi connectivity index (χ3v) is 6.30. The fourth-order valence-corrected chi connectivity index (χ4v) is 4.24. The van der Waals surface area contributed by atoms with Gasteiger partial charge in [-0.3, -0.25) is 9.59 Å². The summed E-state index contributed by atoms with van der Waals surface area (Å²) in [4.78, 5) is 27.5. The molecule has 0 unspecified atom stereocenters. The number of ether oxygens (including phenoxy) is 1. The number of nitrogens with zero attached hydrogens (tertiary/aromatic N) is 1. The Morgan fingerprint density at radius 2 is 1.56 bits per heavy atom. The highest BCUT2D eigenvalue weighted by Gasteiger charge is 2.23. The van der Waals surface area contributed by atoms with Gasteiger partial charge in [-0.25, -0.2) is 0 Å². The smallest absolute Gasteiger partial charge is 0.262 e. The molecule has 1 heterocycles. The van der Waals surface area contributed by atoms with E-state index in [-0.39, 0.29) is 29.3 Å². The Kier molecular flexibility index (Phi) is 8.06. The van der Waals surface area contributed by atoms with Gasteiger partial charge in [-0.15, -0.1) is 0 Å². The maximum Gasteiger partial charge on any atom is 0.262 e. The van der Waals surface area contributed by atoms with E-state index in [0.717, 1.165) is 37.2 Å². The molecule has 1 N–H and O–H groups in total. The quantitative estimate of drug-likeness (QED) is 0.564. The molecule has 0 spiro atoms. The van der Waals surface area contributed by atoms with Crippen molar-refractivity contribution in [2.24, 2.45) is 0 Å². The van der Waals surface area contributed by atoms with Crippen molar-refractivity contribution >= 4 is 17.5 Å². The van der Waals surface area contributed by atoms with Crippen LogP contribution in [0.1, 0.15) is 88.7 Å². The molecule has 5 heteroatoms. The zero-order chi connectivity index (χ0) is 24.9. The first-order valence-corrected chi connectivity index (χ1v) is 12.4. The van der Waals surface area contributed by atoms with Gasteiger partial charge in [0.1, 0.15) is 5.75 Å². The van der Waals surface area contributed by atoms with Crippen LogP contribution in [0.3, 0.4) is 0 Å². The minimum absolute atomic E-state index is 0.0306. The lowest BCUT2D eigenvalue weighted by Gasteiger charge is -2.27. The van der Waals surface area contributed by atoms with Crippen LogP contribution < -0.4 is 10.1 Å². The molecule has 0 radical (unpaired) electrons. The van der Waals surface area contributed by atoms with Crippen LogP contribution in [0.2, 0.25) is 0 Å². The van der Waals surface area contributed by atoms with Crippen molar-refractivity contribution in [3.63, 3.8) is 0 Å². The molecule has 0 atom stereocenters. The van der Waals surface area contributed by atoms with Gasteiger partial charge in [0.25, 0.3) is 11.8 Å². The fourth-order valence-electron chi connectivity index (χ4n) is 4.24. The molecule has 2 aromatic carbocycles. The van der Waals surface area contributed by atoms with Crippen molar-refractivity contribution in [3.05, 3.63) is 59.2 Å². The van der Waals surface area contributed by atoms with Gasteiger partial charge in [0.2, 0.25) is 0 Å². The second-order valence-corrected chi connectivity index (χ2v) is 11.3. The van der Waals surface area contributed by atoms with E-state index in [0.29, 0.717) is 11.3 Å². The molecule has 1 saturated heterocycles. The van der Waals surface area contributed by atoms with Crippen molar-refractivity contribution in [1.82, 2.24) is 4.90 Å². The average molecular weight is 465 g/mol. The number of hydrogen-bond acceptors (Lipinski definition) is 3. The molecular weight excluding hydrogens is 424 g/mol. The first-order chi connectivity index (χ1) is 15.9. The molecule has 2 amide bonds. The number of amides is 2. The Morgan fingerprint density at radius 1 is 0.882 bits per heavy atom. The third kappa shape index (κ3) is 6.85. The Labute approximate surface area is 204 Å². The molecule has 5 nitrogen and oxygen atoms in total. The lowest BCUT2D eigenvalue weighted by atomic mass is 9.80. The summed E-state index contributed by atoms with van der Waals surface area (Å²) in [6.07, 6.45) is 4.45. The molecule has 1 aliphatic rings. The highest BCUT2D eigenvalue weighted by atomic mass is 16.5. The van der Waals surface area contributed by atoms with Gasteiger partial charge in [-0.2, -0.15) is 0 Å². The SMILES string of the molecule is CC(C)(C)c1ccc(OCC(=O)Nc2cccc(C(=O)N3CCCCCC3)c2)c(C(C)(C)C)c1. The molecule has 1 fully saturated rings. The van der Waals surface area contributed by atoms with E-state index in [1.165, 1.54) is 18.4 Å². The molecule has 0 bridgehead atoms. The van der Waals surface area contributed by atoms with Crippen molar-refractivity contribution in [3.8, 4) is 5.75 Å². The maximum absolute atomic E-state index is 12.9. The van der Waals surface area contributed by atoms with Gasteiger partial charge in [0, 0.05) is 24.3 Å². The van der Waals surface area contributed by atoms with E-state index in [1.54, 1.807) is 12.1 Å². The van der Waals surface area contributed by atoms with Crippen molar-refractivity contribution < 1.29 is 14.3 Å². The number of carbonyl (C=O) groups is 2. The van der Waals surface area contributed by atoms with Crippen molar-refractivity contribution in [1.29, 1.82) is 0 Å². The summed E-state index contributed by atoms with van der Waals surface area (Å²) in [6, 6.07) is 13.4. The van der Waals surface area contributed by atoms with E-state index in [4.69, 9.17) is 4.74 Å². The van der Waals surface area contributed by atoms with Gasteiger partial charge >= 0.3 is 0 Å². The Balaban J connectivity index is 1.66. The van der Waals surface area contributed by atoms with Crippen molar-refractivity contribution in [2.45, 2.75) is 78.1 Å². The van der Waals surface area contributed by atoms with Crippen LogP contribution >= 0.6 is 0 Å². The summed E-state index contributed by atoms with van der Waals surface area (Å²) >= 11 is 0. The minimum Gasteiger partial charge on any atom is -0.483 e. The predicted octanol–water partition coefficient (Wildman–Crippen LogP) is 6.32. The summed E-state index contributed by atoms with van der Waals surface area (Å²) < 4.78 is 5.96. The largest absolute Gasteiger partial charge is 0.483 e. The Hall–Kier alpha value is -2.82. The second-order valence-electron chi connectivity index (χ2n) is 11.3. The summed E-state index contributed by atoms with van der Waals surface area (Å²) in [5.41, 5.74) is 3.44. The van der Waals surface area contributed by atoms with E-state index in [9.17, 15) is 9.59 Å². The van der Waals surface area contributed by atoms with E-state index >= 15 is 0 Å². The normalized spacial score (nSPS) is 14.9. The first-order valence-electron chi connectivity index (χ1n) is 12.4. The molecule has 0 saturated carbocycles. The Bertz CT molecular complexity index is 1010. The molecule has 0 aliphatic carbocycles. The van der Waals surface area contributed by atoms with Gasteiger partial charge in [0.05, 0.1) is 0 Å². The highest BCUT2D eigenvalue weighted by molar-refractivity contribution is 5.97. The summed E-state index contributed by atoms with van der Waals surface area (Å²) in [5.74, 6) is 0.503. The minimum atomic E-state index is -0.251. The maximum atomic E-state index is 12.9. The van der Waals surface area contributed by atoms with Gasteiger partial charge in [-0.1, -0.05) is 72.6 Å². The van der Waals surface area contributed by atoms with Crippen molar-refractivity contribution in [2.75, 3.05) is 25.0 Å². The van der Waals surface area contributed by atoms with Crippen LogP contribution in [0, 0.1) is 0 Å². The summed E-state index contributed by atoms with van der Waals surface area (Å²) in [6.45, 7) is 14.5. The molecule has 34 heavy (non-hydrogen) atoms. The number of carbonyl (C=O) groups excluding carboxylic acids is 2. The molecule has 3 rings (SSSR count). The first kappa shape index (κ1) is 25.8. The fraction of sp³-hybridized carbons (Fsp3) is 0.517. The van der Waals surface area contributed by atoms with Gasteiger partial charge < -0.3 is 15.0 Å². The van der Waals surface area contributed by atoms with Crippen LogP contribution in [0.25, 0.3) is 0 Å². The van der Waals surface area contributed by atoms with Crippen LogP contribution in [0.4, 0.5) is 5.69 Å². The lowest BCUT2D eigenvalue weighted by molar-refractivity contribution is -0.118. The lowest BCUT2D eigenvalue weighted by Crippen LogP contribution is -2.31. The van der Waals surface area contributed by atoms with Crippen LogP contribution in [-0.2, 0) is 15.6 Å². The highest BCUT2D eigenvalue weighted by Crippen LogP contribution is 2.35. The average Bonchev–Trinajstić information content (AvgIpc) is 3.05. The number of anilines is 1. The molecule has 1 aliphatic heterocycles. The monoisotopic (exact) mass is 464 g/mol. The number of rotatable bonds is 5. The summed E-state index contributed by atoms with van der Waals surface area (Å²) in [7, 11) is 0. The molecule has 0 aromatic heterocycles. The zero-order valence-corrected chi connectivity index (χ0v) is 21.7. The topological polar surface area (TPSA) is 58.6 Å². The number of benzene rings is 2. The van der Waals surface area contributed by atoms with Gasteiger partial charge in [0.15, 0.2) is 6.61 Å². The van der Waals surface area contributed by atoms with Crippen LogP contribution in [-0.4, -0.2) is 36.4 Å². The van der Waals surface area contributed by atoms with E-state index < -0.39 is 0 Å². The van der Waals surface area contributed by atoms with Gasteiger partial charge in [-0.05, 0) is 59.1 Å². The Morgan fingerprint density at radius 3 is 2.18 bits per heavy atom. The number of hydrogen-bond donors (Lipinski definition) is 1. The number of likely N-dealkylation sites (tertiary alicyclic amines) is 1. The standard InChI is InChI=1S/C29H40N2O3/c1-28(2,3)22-14-15-25(24(19-22)29(4,5)6)34-20-26(32)30-23-13-11-12-21(18-23)27(33)31-16-9-7-8-10-17-31/h11-15,18-19H,7-10,16-17,20H2,1-6H3,(H,30,32). The van der Waals surface area contributed by atoms with Crippen LogP contribution in [0.15, 0.2) is 42.5 Å². The van der Waals surface area contributed by atoms with E-state index in [1.807, 2.05) is 23.1 Å². The third-order valence-electron chi connectivity index (χ3n) is 6.30. The zero-order valence-electron chi connectivity index (χ0n) is 21.7. The van der Waals surface area contributed by atoms with Crippen LogP contribution in [0.5, 0.6) is 5.75 Å². The van der Waals surface area contributed by atoms with E-state index in [2.05, 4.69) is 59.0 Å². The molecule has 2 aromatic rings. The molecular formula is C29H40N2O3. The number of nitrogens with one attached hydrogen (secondary N) is 1. The summed E-state index contributed by atoms with van der Waals surface area (Å²) in [5, 5.41) is 2.88.